The van der Waals surface area contributed by atoms with E-state index in [1.54, 1.807) is 0 Å². The Morgan fingerprint density at radius 2 is 0.898 bits per heavy atom. The van der Waals surface area contributed by atoms with Gasteiger partial charge in [-0.15, -0.1) is 0 Å². The van der Waals surface area contributed by atoms with Gasteiger partial charge in [0, 0.05) is 6.42 Å². The molecular weight excluding hydrogens is 731 g/mol. The number of aliphatic hydroxyl groups is 2. The Bertz CT molecular complexity index is 935. The molecule has 0 aromatic heterocycles. The Labute approximate surface area is 367 Å². The second-order valence-corrected chi connectivity index (χ2v) is 17.9. The number of unbranched alkanes of at least 4 members (excludes halogenated alkanes) is 33. The van der Waals surface area contributed by atoms with Crippen molar-refractivity contribution in [2.45, 2.75) is 296 Å². The molecule has 0 aliphatic heterocycles. The number of hydrogen-bond donors (Lipinski definition) is 3. The Balaban J connectivity index is 4.54. The van der Waals surface area contributed by atoms with Gasteiger partial charge >= 0.3 is 5.97 Å². The lowest BCUT2D eigenvalue weighted by Gasteiger charge is -2.23. The minimum Gasteiger partial charge on any atom is -0.458 e. The molecule has 3 atom stereocenters. The highest BCUT2D eigenvalue weighted by Gasteiger charge is 2.23. The van der Waals surface area contributed by atoms with Gasteiger partial charge in [-0.05, 0) is 38.2 Å². The van der Waals surface area contributed by atoms with Crippen LogP contribution < -0.4 is 5.32 Å². The first-order valence-electron chi connectivity index (χ1n) is 26.1. The van der Waals surface area contributed by atoms with Gasteiger partial charge in [0.1, 0.15) is 6.10 Å². The highest BCUT2D eigenvalue weighted by molar-refractivity contribution is 5.78. The smallest absolute Gasteiger partial charge is 0.306 e. The summed E-state index contributed by atoms with van der Waals surface area (Å²) in [6, 6.07) is -0.727. The van der Waals surface area contributed by atoms with Crippen LogP contribution in [0.15, 0.2) is 24.3 Å². The first-order chi connectivity index (χ1) is 29.0. The van der Waals surface area contributed by atoms with Crippen LogP contribution in [0, 0.1) is 0 Å². The predicted octanol–water partition coefficient (Wildman–Crippen LogP) is 15.5. The molecule has 3 N–H and O–H groups in total. The zero-order valence-corrected chi connectivity index (χ0v) is 39.7. The fourth-order valence-corrected chi connectivity index (χ4v) is 8.04. The molecule has 3 unspecified atom stereocenters. The van der Waals surface area contributed by atoms with Crippen molar-refractivity contribution in [2.75, 3.05) is 6.61 Å². The van der Waals surface area contributed by atoms with Crippen molar-refractivity contribution >= 4 is 11.9 Å². The maximum atomic E-state index is 13.1. The number of hydrogen-bond acceptors (Lipinski definition) is 5. The summed E-state index contributed by atoms with van der Waals surface area (Å²) < 4.78 is 5.83. The van der Waals surface area contributed by atoms with Gasteiger partial charge in [0.05, 0.1) is 25.2 Å². The van der Waals surface area contributed by atoms with Crippen molar-refractivity contribution in [1.29, 1.82) is 0 Å². The van der Waals surface area contributed by atoms with Crippen molar-refractivity contribution in [1.82, 2.24) is 5.32 Å². The van der Waals surface area contributed by atoms with Crippen molar-refractivity contribution in [3.63, 3.8) is 0 Å². The number of nitrogens with one attached hydrogen (secondary N) is 1. The third kappa shape index (κ3) is 42.8. The standard InChI is InChI=1S/C53H101NO5/c1-4-7-10-13-16-19-22-24-25-26-27-28-31-34-37-40-43-46-53(58)59-49(44-41-38-35-32-29-21-18-15-12-9-6-3)47-52(57)54-50(48-55)51(56)45-42-39-36-33-30-23-20-17-14-11-8-5-2/h32,35,41,44,49-51,55-56H,4-31,33-34,36-40,42-43,45-48H2,1-3H3,(H,54,57)/b35-32-,44-41+. The minimum atomic E-state index is -0.805. The second kappa shape index (κ2) is 47.4. The largest absolute Gasteiger partial charge is 0.458 e. The Morgan fingerprint density at radius 3 is 1.32 bits per heavy atom. The zero-order chi connectivity index (χ0) is 43.1. The molecule has 0 saturated heterocycles. The average molecular weight is 832 g/mol. The molecule has 0 aromatic carbocycles. The van der Waals surface area contributed by atoms with Crippen LogP contribution in [-0.2, 0) is 14.3 Å². The van der Waals surface area contributed by atoms with Crippen LogP contribution in [0.3, 0.4) is 0 Å². The molecule has 0 bridgehead atoms. The molecule has 0 radical (unpaired) electrons. The van der Waals surface area contributed by atoms with E-state index in [0.29, 0.717) is 12.8 Å². The summed E-state index contributed by atoms with van der Waals surface area (Å²) in [4.78, 5) is 26.0. The Hall–Kier alpha value is -1.66. The quantitative estimate of drug-likeness (QED) is 0.0322. The topological polar surface area (TPSA) is 95.9 Å². The van der Waals surface area contributed by atoms with Crippen LogP contribution in [0.4, 0.5) is 0 Å². The van der Waals surface area contributed by atoms with Gasteiger partial charge in [-0.2, -0.15) is 0 Å². The van der Waals surface area contributed by atoms with Crippen molar-refractivity contribution < 1.29 is 24.5 Å². The maximum absolute atomic E-state index is 13.1. The SMILES string of the molecule is CCCCCCCC/C=C\C/C=C/C(CC(=O)NC(CO)C(O)CCCCCCCCCCCCCC)OC(=O)CCCCCCCCCCCCCCCCCCC. The maximum Gasteiger partial charge on any atom is 0.306 e. The number of esters is 1. The van der Waals surface area contributed by atoms with Crippen LogP contribution in [0.25, 0.3) is 0 Å². The van der Waals surface area contributed by atoms with Gasteiger partial charge in [-0.25, -0.2) is 0 Å². The normalized spacial score (nSPS) is 13.4. The van der Waals surface area contributed by atoms with Crippen LogP contribution in [0.2, 0.25) is 0 Å². The van der Waals surface area contributed by atoms with Gasteiger partial charge in [-0.3, -0.25) is 9.59 Å². The average Bonchev–Trinajstić information content (AvgIpc) is 3.23. The van der Waals surface area contributed by atoms with E-state index >= 15 is 0 Å². The molecule has 0 fully saturated rings. The first kappa shape index (κ1) is 57.3. The lowest BCUT2D eigenvalue weighted by Crippen LogP contribution is -2.46. The summed E-state index contributed by atoms with van der Waals surface area (Å²) in [5.41, 5.74) is 0. The summed E-state index contributed by atoms with van der Waals surface area (Å²) in [7, 11) is 0. The van der Waals surface area contributed by atoms with Crippen molar-refractivity contribution in [2.24, 2.45) is 0 Å². The zero-order valence-electron chi connectivity index (χ0n) is 39.7. The molecular formula is C53H101NO5. The summed E-state index contributed by atoms with van der Waals surface area (Å²) in [5, 5.41) is 23.7. The Kier molecular flexibility index (Phi) is 46.1. The van der Waals surface area contributed by atoms with Gasteiger partial charge in [-0.1, -0.05) is 251 Å². The second-order valence-electron chi connectivity index (χ2n) is 17.9. The number of rotatable bonds is 47. The van der Waals surface area contributed by atoms with Crippen LogP contribution in [0.5, 0.6) is 0 Å². The van der Waals surface area contributed by atoms with Crippen LogP contribution in [-0.4, -0.2) is 46.9 Å². The van der Waals surface area contributed by atoms with E-state index in [-0.39, 0.29) is 24.9 Å². The number of amides is 1. The summed E-state index contributed by atoms with van der Waals surface area (Å²) >= 11 is 0. The van der Waals surface area contributed by atoms with E-state index in [1.165, 1.54) is 186 Å². The number of allylic oxidation sites excluding steroid dienone is 3. The number of ether oxygens (including phenoxy) is 1. The molecule has 0 rings (SSSR count). The molecule has 348 valence electrons. The van der Waals surface area contributed by atoms with E-state index in [4.69, 9.17) is 4.74 Å². The summed E-state index contributed by atoms with van der Waals surface area (Å²) in [6.45, 7) is 6.46. The molecule has 59 heavy (non-hydrogen) atoms. The van der Waals surface area contributed by atoms with Crippen LogP contribution >= 0.6 is 0 Å². The van der Waals surface area contributed by atoms with Gasteiger partial charge < -0.3 is 20.3 Å². The monoisotopic (exact) mass is 832 g/mol. The number of carbonyl (C=O) groups is 2. The third-order valence-corrected chi connectivity index (χ3v) is 12.0. The lowest BCUT2D eigenvalue weighted by molar-refractivity contribution is -0.148. The molecule has 0 aliphatic rings. The number of aliphatic hydroxyl groups excluding tert-OH is 2. The van der Waals surface area contributed by atoms with E-state index in [9.17, 15) is 19.8 Å². The highest BCUT2D eigenvalue weighted by Crippen LogP contribution is 2.17. The molecule has 0 aromatic rings. The van der Waals surface area contributed by atoms with E-state index in [0.717, 1.165) is 51.4 Å². The number of carbonyl (C=O) groups excluding carboxylic acids is 2. The molecule has 0 spiro atoms. The molecule has 0 heterocycles. The predicted molar refractivity (Wildman–Crippen MR) is 255 cm³/mol. The minimum absolute atomic E-state index is 0.0232. The fraction of sp³-hybridized carbons (Fsp3) is 0.887. The third-order valence-electron chi connectivity index (χ3n) is 12.0. The van der Waals surface area contributed by atoms with Crippen LogP contribution in [0.1, 0.15) is 278 Å². The Morgan fingerprint density at radius 1 is 0.508 bits per heavy atom. The lowest BCUT2D eigenvalue weighted by atomic mass is 10.0. The summed E-state index contributed by atoms with van der Waals surface area (Å²) in [6.07, 6.45) is 54.2. The van der Waals surface area contributed by atoms with E-state index in [2.05, 4.69) is 38.2 Å². The van der Waals surface area contributed by atoms with E-state index in [1.807, 2.05) is 12.2 Å². The fourth-order valence-electron chi connectivity index (χ4n) is 8.04. The molecule has 6 heteroatoms. The first-order valence-corrected chi connectivity index (χ1v) is 26.1. The van der Waals surface area contributed by atoms with Crippen molar-refractivity contribution in [3.8, 4) is 0 Å². The van der Waals surface area contributed by atoms with Gasteiger partial charge in [0.25, 0.3) is 0 Å². The van der Waals surface area contributed by atoms with Crippen molar-refractivity contribution in [3.05, 3.63) is 24.3 Å². The highest BCUT2D eigenvalue weighted by atomic mass is 16.5. The molecule has 6 nitrogen and oxygen atoms in total. The molecule has 1 amide bonds. The van der Waals surface area contributed by atoms with E-state index < -0.39 is 18.2 Å². The molecule has 0 saturated carbocycles. The molecule has 0 aliphatic carbocycles. The summed E-state index contributed by atoms with van der Waals surface area (Å²) in [5.74, 6) is -0.589. The van der Waals surface area contributed by atoms with Gasteiger partial charge in [0.2, 0.25) is 5.91 Å². The van der Waals surface area contributed by atoms with Gasteiger partial charge in [0.15, 0.2) is 0 Å².